The number of aliphatic hydroxyl groups is 1. The highest BCUT2D eigenvalue weighted by molar-refractivity contribution is 7.21. The minimum atomic E-state index is 0.108. The zero-order valence-corrected chi connectivity index (χ0v) is 22.7. The molecule has 2 fully saturated rings. The lowest BCUT2D eigenvalue weighted by atomic mass is 10.1. The number of hydrogen-bond donors (Lipinski definition) is 3. The van der Waals surface area contributed by atoms with Crippen molar-refractivity contribution in [2.45, 2.75) is 52.0 Å². The highest BCUT2D eigenvalue weighted by Crippen LogP contribution is 2.46. The first kappa shape index (κ1) is 25.0. The molecule has 3 aromatic heterocycles. The number of benzene rings is 1. The fourth-order valence-corrected chi connectivity index (χ4v) is 6.35. The lowest BCUT2D eigenvalue weighted by molar-refractivity contribution is 0.229. The van der Waals surface area contributed by atoms with E-state index in [-0.39, 0.29) is 18.1 Å². The number of aryl methyl sites for hydroxylation is 2. The van der Waals surface area contributed by atoms with E-state index in [1.54, 1.807) is 11.3 Å². The van der Waals surface area contributed by atoms with Crippen LogP contribution in [0.1, 0.15) is 43.5 Å². The van der Waals surface area contributed by atoms with Gasteiger partial charge in [0.2, 0.25) is 5.95 Å². The second-order valence-corrected chi connectivity index (χ2v) is 11.8. The first-order valence-electron chi connectivity index (χ1n) is 13.4. The summed E-state index contributed by atoms with van der Waals surface area (Å²) in [4.78, 5) is 19.2. The van der Waals surface area contributed by atoms with Crippen LogP contribution in [0.2, 0.25) is 0 Å². The SMILES string of the molecule is Cc1nc(NCC2(COc3ccccc3)CC2)nc(NC2CCC(CO)C2)c1-c1nc2c(C)nccc2s1. The molecule has 2 saturated carbocycles. The molecule has 9 heteroatoms. The van der Waals surface area contributed by atoms with Crippen LogP contribution in [0.5, 0.6) is 5.75 Å². The van der Waals surface area contributed by atoms with Crippen molar-refractivity contribution in [3.05, 3.63) is 54.0 Å². The molecule has 0 saturated heterocycles. The maximum atomic E-state index is 9.66. The number of anilines is 2. The minimum absolute atomic E-state index is 0.108. The fourth-order valence-electron chi connectivity index (χ4n) is 5.24. The Kier molecular flexibility index (Phi) is 6.88. The number of aromatic nitrogens is 4. The summed E-state index contributed by atoms with van der Waals surface area (Å²) in [7, 11) is 0. The number of ether oxygens (including phenoxy) is 1. The van der Waals surface area contributed by atoms with Crippen LogP contribution in [0.15, 0.2) is 42.6 Å². The van der Waals surface area contributed by atoms with Gasteiger partial charge in [0.25, 0.3) is 0 Å². The topological polar surface area (TPSA) is 105 Å². The van der Waals surface area contributed by atoms with Crippen LogP contribution in [0.25, 0.3) is 20.8 Å². The van der Waals surface area contributed by atoms with Crippen LogP contribution in [-0.4, -0.2) is 50.8 Å². The maximum Gasteiger partial charge on any atom is 0.224 e. The largest absolute Gasteiger partial charge is 0.493 e. The van der Waals surface area contributed by atoms with Gasteiger partial charge in [-0.1, -0.05) is 18.2 Å². The maximum absolute atomic E-state index is 9.66. The number of para-hydroxylation sites is 1. The average Bonchev–Trinajstić information content (AvgIpc) is 3.32. The molecule has 2 aliphatic rings. The Morgan fingerprint density at radius 3 is 2.63 bits per heavy atom. The van der Waals surface area contributed by atoms with E-state index in [0.29, 0.717) is 18.5 Å². The van der Waals surface area contributed by atoms with Crippen LogP contribution in [0, 0.1) is 25.2 Å². The predicted octanol–water partition coefficient (Wildman–Crippen LogP) is 5.61. The summed E-state index contributed by atoms with van der Waals surface area (Å²) in [5.74, 6) is 2.67. The molecule has 0 bridgehead atoms. The molecular formula is C29H34N6O2S. The van der Waals surface area contributed by atoms with Gasteiger partial charge in [-0.05, 0) is 70.1 Å². The molecule has 4 aromatic rings. The van der Waals surface area contributed by atoms with E-state index < -0.39 is 0 Å². The number of thiazole rings is 1. The normalized spacial score (nSPS) is 20.0. The molecule has 3 heterocycles. The minimum Gasteiger partial charge on any atom is -0.493 e. The first-order chi connectivity index (χ1) is 18.5. The van der Waals surface area contributed by atoms with Crippen molar-refractivity contribution in [3.63, 3.8) is 0 Å². The summed E-state index contributed by atoms with van der Waals surface area (Å²) in [6.45, 7) is 5.69. The molecule has 198 valence electrons. The van der Waals surface area contributed by atoms with Crippen LogP contribution in [0.3, 0.4) is 0 Å². The second-order valence-electron chi connectivity index (χ2n) is 10.8. The molecule has 8 nitrogen and oxygen atoms in total. The zero-order chi connectivity index (χ0) is 26.1. The van der Waals surface area contributed by atoms with Gasteiger partial charge in [-0.3, -0.25) is 4.98 Å². The van der Waals surface area contributed by atoms with E-state index in [4.69, 9.17) is 19.7 Å². The van der Waals surface area contributed by atoms with Gasteiger partial charge in [-0.2, -0.15) is 4.98 Å². The summed E-state index contributed by atoms with van der Waals surface area (Å²) in [5.41, 5.74) is 3.78. The van der Waals surface area contributed by atoms with Crippen molar-refractivity contribution in [2.24, 2.45) is 11.3 Å². The van der Waals surface area contributed by atoms with Crippen LogP contribution in [0.4, 0.5) is 11.8 Å². The van der Waals surface area contributed by atoms with E-state index in [0.717, 1.165) is 82.4 Å². The van der Waals surface area contributed by atoms with Crippen molar-refractivity contribution in [1.82, 2.24) is 19.9 Å². The number of hydrogen-bond acceptors (Lipinski definition) is 9. The molecule has 2 atom stereocenters. The third-order valence-corrected chi connectivity index (χ3v) is 8.84. The number of aliphatic hydroxyl groups excluding tert-OH is 1. The Bertz CT molecular complexity index is 1420. The Labute approximate surface area is 226 Å². The quantitative estimate of drug-likeness (QED) is 0.243. The molecule has 0 radical (unpaired) electrons. The van der Waals surface area contributed by atoms with Gasteiger partial charge in [0.15, 0.2) is 0 Å². The van der Waals surface area contributed by atoms with Crippen LogP contribution in [-0.2, 0) is 0 Å². The van der Waals surface area contributed by atoms with E-state index in [9.17, 15) is 5.11 Å². The van der Waals surface area contributed by atoms with Crippen LogP contribution < -0.4 is 15.4 Å². The lowest BCUT2D eigenvalue weighted by Crippen LogP contribution is -2.24. The predicted molar refractivity (Wildman–Crippen MR) is 152 cm³/mol. The Balaban J connectivity index is 1.25. The van der Waals surface area contributed by atoms with E-state index in [1.807, 2.05) is 56.4 Å². The molecule has 0 aliphatic heterocycles. The molecule has 0 spiro atoms. The summed E-state index contributed by atoms with van der Waals surface area (Å²) in [6, 6.07) is 12.3. The summed E-state index contributed by atoms with van der Waals surface area (Å²) in [6.07, 6.45) is 7.05. The van der Waals surface area contributed by atoms with E-state index in [2.05, 4.69) is 15.6 Å². The molecule has 1 aromatic carbocycles. The molecule has 3 N–H and O–H groups in total. The lowest BCUT2D eigenvalue weighted by Gasteiger charge is -2.20. The van der Waals surface area contributed by atoms with Gasteiger partial charge in [0, 0.05) is 30.8 Å². The molecule has 38 heavy (non-hydrogen) atoms. The third-order valence-electron chi connectivity index (χ3n) is 7.80. The monoisotopic (exact) mass is 530 g/mol. The molecule has 0 amide bonds. The standard InChI is InChI=1S/C29H34N6O2S/c1-18-24(27-34-25-19(2)30-13-10-23(25)38-27)26(33-21-9-8-20(14-21)15-36)35-28(32-18)31-16-29(11-12-29)17-37-22-6-4-3-5-7-22/h3-7,10,13,20-21,36H,8-9,11-12,14-17H2,1-2H3,(H2,31,32,33,35). The third kappa shape index (κ3) is 5.31. The van der Waals surface area contributed by atoms with Crippen molar-refractivity contribution < 1.29 is 9.84 Å². The van der Waals surface area contributed by atoms with Gasteiger partial charge in [0.1, 0.15) is 22.1 Å². The van der Waals surface area contributed by atoms with Gasteiger partial charge in [-0.15, -0.1) is 11.3 Å². The zero-order valence-electron chi connectivity index (χ0n) is 21.9. The van der Waals surface area contributed by atoms with Crippen molar-refractivity contribution in [3.8, 4) is 16.3 Å². The molecule has 6 rings (SSSR count). The summed E-state index contributed by atoms with van der Waals surface area (Å²) in [5, 5.41) is 17.8. The van der Waals surface area contributed by atoms with Gasteiger partial charge in [-0.25, -0.2) is 9.97 Å². The second kappa shape index (κ2) is 10.5. The Morgan fingerprint density at radius 2 is 1.89 bits per heavy atom. The van der Waals surface area contributed by atoms with E-state index >= 15 is 0 Å². The number of fused-ring (bicyclic) bond motifs is 1. The Morgan fingerprint density at radius 1 is 1.05 bits per heavy atom. The average molecular weight is 531 g/mol. The van der Waals surface area contributed by atoms with Crippen molar-refractivity contribution >= 4 is 33.3 Å². The molecule has 2 unspecified atom stereocenters. The van der Waals surface area contributed by atoms with E-state index in [1.165, 1.54) is 0 Å². The smallest absolute Gasteiger partial charge is 0.224 e. The molecule has 2 aliphatic carbocycles. The summed E-state index contributed by atoms with van der Waals surface area (Å²) >= 11 is 1.65. The van der Waals surface area contributed by atoms with Gasteiger partial charge >= 0.3 is 0 Å². The number of pyridine rings is 1. The highest BCUT2D eigenvalue weighted by atomic mass is 32.1. The highest BCUT2D eigenvalue weighted by Gasteiger charge is 2.43. The first-order valence-corrected chi connectivity index (χ1v) is 14.2. The fraction of sp³-hybridized carbons (Fsp3) is 0.448. The van der Waals surface area contributed by atoms with Gasteiger partial charge < -0.3 is 20.5 Å². The summed E-state index contributed by atoms with van der Waals surface area (Å²) < 4.78 is 7.18. The van der Waals surface area contributed by atoms with Gasteiger partial charge in [0.05, 0.1) is 28.3 Å². The van der Waals surface area contributed by atoms with Crippen molar-refractivity contribution in [1.29, 1.82) is 0 Å². The van der Waals surface area contributed by atoms with Crippen LogP contribution >= 0.6 is 11.3 Å². The molecular weight excluding hydrogens is 496 g/mol. The Hall–Kier alpha value is -3.30. The number of nitrogens with zero attached hydrogens (tertiary/aromatic N) is 4. The van der Waals surface area contributed by atoms with Crippen molar-refractivity contribution in [2.75, 3.05) is 30.4 Å². The number of rotatable bonds is 10. The number of nitrogens with one attached hydrogen (secondary N) is 2.